The van der Waals surface area contributed by atoms with Crippen LogP contribution >= 0.6 is 11.6 Å². The van der Waals surface area contributed by atoms with Crippen molar-refractivity contribution in [1.29, 1.82) is 0 Å². The molecular weight excluding hydrogens is 229 g/mol. The Labute approximate surface area is 97.7 Å². The fraction of sp³-hybridized carbons (Fsp3) is 0.182. The molecule has 0 bridgehead atoms. The van der Waals surface area contributed by atoms with E-state index in [1.807, 2.05) is 0 Å². The van der Waals surface area contributed by atoms with Gasteiger partial charge < -0.3 is 10.3 Å². The van der Waals surface area contributed by atoms with Gasteiger partial charge in [0.1, 0.15) is 16.8 Å². The number of halogens is 2. The second-order valence-corrected chi connectivity index (χ2v) is 3.77. The van der Waals surface area contributed by atoms with Gasteiger partial charge in [-0.2, -0.15) is 0 Å². The highest BCUT2D eigenvalue weighted by Crippen LogP contribution is 2.26. The summed E-state index contributed by atoms with van der Waals surface area (Å²) in [5.41, 5.74) is 6.49. The van der Waals surface area contributed by atoms with E-state index in [1.54, 1.807) is 29.8 Å². The Kier molecular flexibility index (Phi) is 2.94. The Hall–Kier alpha value is -1.39. The zero-order chi connectivity index (χ0) is 11.7. The van der Waals surface area contributed by atoms with E-state index in [4.69, 9.17) is 17.3 Å². The van der Waals surface area contributed by atoms with Gasteiger partial charge in [-0.3, -0.25) is 0 Å². The molecule has 1 aromatic carbocycles. The van der Waals surface area contributed by atoms with E-state index < -0.39 is 0 Å². The van der Waals surface area contributed by atoms with Gasteiger partial charge in [-0.05, 0) is 12.1 Å². The van der Waals surface area contributed by atoms with Gasteiger partial charge >= 0.3 is 0 Å². The smallest absolute Gasteiger partial charge is 0.144 e. The SMILES string of the molecule is Cn1c(-c2ccccc2F)nc(CN)c1Cl. The van der Waals surface area contributed by atoms with Gasteiger partial charge in [0.25, 0.3) is 0 Å². The summed E-state index contributed by atoms with van der Waals surface area (Å²) in [5, 5.41) is 0.445. The largest absolute Gasteiger partial charge is 0.325 e. The summed E-state index contributed by atoms with van der Waals surface area (Å²) in [4.78, 5) is 4.22. The maximum Gasteiger partial charge on any atom is 0.144 e. The Morgan fingerprint density at radius 3 is 2.69 bits per heavy atom. The zero-order valence-corrected chi connectivity index (χ0v) is 9.50. The average Bonchev–Trinajstić information content (AvgIpc) is 2.57. The van der Waals surface area contributed by atoms with Crippen LogP contribution in [0.15, 0.2) is 24.3 Å². The molecule has 0 saturated heterocycles. The van der Waals surface area contributed by atoms with Crippen LogP contribution in [0.2, 0.25) is 5.15 Å². The summed E-state index contributed by atoms with van der Waals surface area (Å²) in [6.45, 7) is 0.237. The summed E-state index contributed by atoms with van der Waals surface area (Å²) < 4.78 is 15.2. The maximum atomic E-state index is 13.6. The van der Waals surface area contributed by atoms with E-state index in [0.29, 0.717) is 22.2 Å². The third-order valence-corrected chi connectivity index (χ3v) is 2.87. The van der Waals surface area contributed by atoms with Crippen molar-refractivity contribution in [3.8, 4) is 11.4 Å². The number of aromatic nitrogens is 2. The Bertz CT molecular complexity index is 522. The molecule has 0 saturated carbocycles. The molecule has 2 aromatic rings. The van der Waals surface area contributed by atoms with Gasteiger partial charge in [-0.1, -0.05) is 23.7 Å². The Morgan fingerprint density at radius 2 is 2.12 bits per heavy atom. The van der Waals surface area contributed by atoms with E-state index in [-0.39, 0.29) is 12.4 Å². The van der Waals surface area contributed by atoms with Crippen LogP contribution in [0.4, 0.5) is 4.39 Å². The van der Waals surface area contributed by atoms with E-state index in [9.17, 15) is 4.39 Å². The summed E-state index contributed by atoms with van der Waals surface area (Å²) in [7, 11) is 1.73. The minimum atomic E-state index is -0.323. The molecule has 16 heavy (non-hydrogen) atoms. The lowest BCUT2D eigenvalue weighted by Crippen LogP contribution is -1.97. The third kappa shape index (κ3) is 1.70. The zero-order valence-electron chi connectivity index (χ0n) is 8.74. The van der Waals surface area contributed by atoms with E-state index in [1.165, 1.54) is 6.07 Å². The highest BCUT2D eigenvalue weighted by atomic mass is 35.5. The topological polar surface area (TPSA) is 43.8 Å². The van der Waals surface area contributed by atoms with E-state index >= 15 is 0 Å². The predicted molar refractivity (Wildman–Crippen MR) is 61.5 cm³/mol. The molecule has 5 heteroatoms. The highest BCUT2D eigenvalue weighted by molar-refractivity contribution is 6.30. The van der Waals surface area contributed by atoms with Crippen LogP contribution in [-0.4, -0.2) is 9.55 Å². The van der Waals surface area contributed by atoms with Crippen molar-refractivity contribution in [2.75, 3.05) is 0 Å². The highest BCUT2D eigenvalue weighted by Gasteiger charge is 2.15. The first-order valence-electron chi connectivity index (χ1n) is 4.81. The van der Waals surface area contributed by atoms with Crippen molar-refractivity contribution in [2.45, 2.75) is 6.54 Å². The lowest BCUT2D eigenvalue weighted by atomic mass is 10.2. The van der Waals surface area contributed by atoms with Gasteiger partial charge in [0.05, 0.1) is 11.3 Å². The molecule has 84 valence electrons. The average molecular weight is 240 g/mol. The quantitative estimate of drug-likeness (QED) is 0.874. The molecule has 2 N–H and O–H groups in total. The molecule has 1 heterocycles. The van der Waals surface area contributed by atoms with Crippen molar-refractivity contribution in [1.82, 2.24) is 9.55 Å². The van der Waals surface area contributed by atoms with Crippen LogP contribution in [0.1, 0.15) is 5.69 Å². The van der Waals surface area contributed by atoms with Crippen molar-refractivity contribution in [3.05, 3.63) is 40.9 Å². The first kappa shape index (κ1) is 11.1. The summed E-state index contributed by atoms with van der Waals surface area (Å²) >= 11 is 6.01. The summed E-state index contributed by atoms with van der Waals surface area (Å²) in [6.07, 6.45) is 0. The Balaban J connectivity index is 2.61. The molecule has 0 fully saturated rings. The van der Waals surface area contributed by atoms with Crippen LogP contribution in [-0.2, 0) is 13.6 Å². The third-order valence-electron chi connectivity index (χ3n) is 2.40. The van der Waals surface area contributed by atoms with Gasteiger partial charge in [-0.15, -0.1) is 0 Å². The van der Waals surface area contributed by atoms with Crippen LogP contribution in [0.3, 0.4) is 0 Å². The molecule has 1 aromatic heterocycles. The monoisotopic (exact) mass is 239 g/mol. The maximum absolute atomic E-state index is 13.6. The van der Waals surface area contributed by atoms with Crippen molar-refractivity contribution < 1.29 is 4.39 Å². The molecule has 0 atom stereocenters. The molecule has 0 amide bonds. The molecular formula is C11H11ClFN3. The molecule has 0 aliphatic heterocycles. The van der Waals surface area contributed by atoms with Crippen LogP contribution in [0.25, 0.3) is 11.4 Å². The first-order valence-corrected chi connectivity index (χ1v) is 5.19. The minimum absolute atomic E-state index is 0.237. The molecule has 3 nitrogen and oxygen atoms in total. The van der Waals surface area contributed by atoms with E-state index in [0.717, 1.165) is 0 Å². The first-order chi connectivity index (χ1) is 7.65. The molecule has 0 aliphatic carbocycles. The molecule has 0 unspecified atom stereocenters. The number of rotatable bonds is 2. The fourth-order valence-electron chi connectivity index (χ4n) is 1.55. The second-order valence-electron chi connectivity index (χ2n) is 3.42. The van der Waals surface area contributed by atoms with E-state index in [2.05, 4.69) is 4.98 Å². The fourth-order valence-corrected chi connectivity index (χ4v) is 1.75. The van der Waals surface area contributed by atoms with Crippen molar-refractivity contribution in [2.24, 2.45) is 12.8 Å². The lowest BCUT2D eigenvalue weighted by Gasteiger charge is -2.03. The molecule has 0 aliphatic rings. The molecule has 0 radical (unpaired) electrons. The lowest BCUT2D eigenvalue weighted by molar-refractivity contribution is 0.629. The van der Waals surface area contributed by atoms with Crippen molar-refractivity contribution in [3.63, 3.8) is 0 Å². The number of benzene rings is 1. The number of hydrogen-bond acceptors (Lipinski definition) is 2. The second kappa shape index (κ2) is 4.23. The van der Waals surface area contributed by atoms with Gasteiger partial charge in [0.2, 0.25) is 0 Å². The molecule has 2 rings (SSSR count). The molecule has 0 spiro atoms. The standard InChI is InChI=1S/C11H11ClFN3/c1-16-10(12)9(6-14)15-11(16)7-4-2-3-5-8(7)13/h2-5H,6,14H2,1H3. The predicted octanol–water partition coefficient (Wildman–Crippen LogP) is 2.34. The number of nitrogens with zero attached hydrogens (tertiary/aromatic N) is 2. The van der Waals surface area contributed by atoms with Crippen LogP contribution < -0.4 is 5.73 Å². The minimum Gasteiger partial charge on any atom is -0.325 e. The van der Waals surface area contributed by atoms with Gasteiger partial charge in [-0.25, -0.2) is 9.37 Å². The van der Waals surface area contributed by atoms with Gasteiger partial charge in [0, 0.05) is 13.6 Å². The van der Waals surface area contributed by atoms with Gasteiger partial charge in [0.15, 0.2) is 0 Å². The van der Waals surface area contributed by atoms with Crippen molar-refractivity contribution >= 4 is 11.6 Å². The Morgan fingerprint density at radius 1 is 1.44 bits per heavy atom. The summed E-state index contributed by atoms with van der Waals surface area (Å²) in [6, 6.07) is 6.44. The normalized spacial score (nSPS) is 10.8. The number of imidazole rings is 1. The number of hydrogen-bond donors (Lipinski definition) is 1. The summed E-state index contributed by atoms with van der Waals surface area (Å²) in [5.74, 6) is 0.166. The van der Waals surface area contributed by atoms with Crippen LogP contribution in [0.5, 0.6) is 0 Å². The van der Waals surface area contributed by atoms with Crippen LogP contribution in [0, 0.1) is 5.82 Å². The number of nitrogens with two attached hydrogens (primary N) is 1.